The van der Waals surface area contributed by atoms with Crippen LogP contribution in [0.2, 0.25) is 0 Å². The third-order valence-corrected chi connectivity index (χ3v) is 6.68. The van der Waals surface area contributed by atoms with Crippen molar-refractivity contribution in [2.45, 2.75) is 26.3 Å². The van der Waals surface area contributed by atoms with Gasteiger partial charge in [-0.15, -0.1) is 0 Å². The number of rotatable bonds is 4. The molecule has 0 aliphatic carbocycles. The number of H-pyrrole nitrogens is 1. The first-order valence-corrected chi connectivity index (χ1v) is 10.3. The predicted octanol–water partition coefficient (Wildman–Crippen LogP) is 4.59. The molecule has 146 valence electrons. The number of benzene rings is 2. The molecule has 0 bridgehead atoms. The van der Waals surface area contributed by atoms with Crippen molar-refractivity contribution in [3.8, 4) is 5.75 Å². The van der Waals surface area contributed by atoms with Gasteiger partial charge in [-0.25, -0.2) is 0 Å². The van der Waals surface area contributed by atoms with Crippen molar-refractivity contribution in [1.82, 2.24) is 9.88 Å². The van der Waals surface area contributed by atoms with E-state index < -0.39 is 0 Å². The fourth-order valence-electron chi connectivity index (χ4n) is 5.18. The maximum Gasteiger partial charge on any atom is 0.119 e. The normalized spacial score (nSPS) is 22.6. The smallest absolute Gasteiger partial charge is 0.119 e. The van der Waals surface area contributed by atoms with Crippen LogP contribution in [-0.4, -0.2) is 43.2 Å². The molecule has 1 unspecified atom stereocenters. The van der Waals surface area contributed by atoms with Crippen molar-refractivity contribution < 1.29 is 4.74 Å². The lowest BCUT2D eigenvalue weighted by atomic mass is 9.86. The van der Waals surface area contributed by atoms with E-state index in [9.17, 15) is 0 Å². The van der Waals surface area contributed by atoms with Gasteiger partial charge in [-0.05, 0) is 68.3 Å². The zero-order valence-electron chi connectivity index (χ0n) is 16.9. The molecule has 1 aromatic heterocycles. The summed E-state index contributed by atoms with van der Waals surface area (Å²) in [7, 11) is 1.72. The highest BCUT2D eigenvalue weighted by Crippen LogP contribution is 2.42. The molecule has 1 N–H and O–H groups in total. The molecule has 1 spiro atoms. The van der Waals surface area contributed by atoms with Gasteiger partial charge in [0.1, 0.15) is 5.75 Å². The number of hydrogen-bond acceptors (Lipinski definition) is 3. The Morgan fingerprint density at radius 1 is 1.04 bits per heavy atom. The summed E-state index contributed by atoms with van der Waals surface area (Å²) in [5.74, 6) is 0.930. The Morgan fingerprint density at radius 2 is 1.86 bits per heavy atom. The molecule has 4 heteroatoms. The third-order valence-electron chi connectivity index (χ3n) is 6.68. The van der Waals surface area contributed by atoms with Crippen LogP contribution in [0.4, 0.5) is 5.69 Å². The van der Waals surface area contributed by atoms with Crippen molar-refractivity contribution in [3.05, 3.63) is 59.8 Å². The molecule has 3 aromatic rings. The van der Waals surface area contributed by atoms with Gasteiger partial charge in [0.15, 0.2) is 0 Å². The van der Waals surface area contributed by atoms with Gasteiger partial charge in [0.05, 0.1) is 7.11 Å². The topological polar surface area (TPSA) is 31.5 Å². The standard InChI is InChI=1S/C24H29N3O/c1-18-14-22-19(4-3-5-23(22)25-18)15-26-12-10-24(16-26)11-13-27(17-24)20-6-8-21(28-2)9-7-20/h3-9,14,25H,10-13,15-17H2,1-2H3. The molecule has 0 radical (unpaired) electrons. The minimum Gasteiger partial charge on any atom is -0.497 e. The van der Waals surface area contributed by atoms with Gasteiger partial charge in [0.25, 0.3) is 0 Å². The molecular weight excluding hydrogens is 346 g/mol. The van der Waals surface area contributed by atoms with E-state index in [1.165, 1.54) is 60.3 Å². The number of aromatic nitrogens is 1. The molecule has 0 amide bonds. The van der Waals surface area contributed by atoms with E-state index in [-0.39, 0.29) is 0 Å². The minimum absolute atomic E-state index is 0.446. The molecule has 5 rings (SSSR count). The number of aromatic amines is 1. The van der Waals surface area contributed by atoms with Crippen LogP contribution in [0.25, 0.3) is 10.9 Å². The highest BCUT2D eigenvalue weighted by molar-refractivity contribution is 5.83. The number of nitrogens with one attached hydrogen (secondary N) is 1. The third kappa shape index (κ3) is 3.16. The SMILES string of the molecule is COc1ccc(N2CCC3(CCN(Cc4cccc5[nH]c(C)cc45)C3)C2)cc1. The number of hydrogen-bond donors (Lipinski definition) is 1. The summed E-state index contributed by atoms with van der Waals surface area (Å²) < 4.78 is 5.30. The molecule has 4 nitrogen and oxygen atoms in total. The van der Waals surface area contributed by atoms with Crippen molar-refractivity contribution in [2.24, 2.45) is 5.41 Å². The summed E-state index contributed by atoms with van der Waals surface area (Å²) in [5, 5.41) is 1.38. The summed E-state index contributed by atoms with van der Waals surface area (Å²) in [4.78, 5) is 8.69. The van der Waals surface area contributed by atoms with E-state index in [2.05, 4.69) is 70.2 Å². The molecule has 28 heavy (non-hydrogen) atoms. The lowest BCUT2D eigenvalue weighted by Gasteiger charge is -2.26. The fourth-order valence-corrected chi connectivity index (χ4v) is 5.18. The van der Waals surface area contributed by atoms with Crippen LogP contribution in [0, 0.1) is 12.3 Å². The second kappa shape index (κ2) is 6.85. The first-order chi connectivity index (χ1) is 13.6. The Hall–Kier alpha value is -2.46. The van der Waals surface area contributed by atoms with E-state index >= 15 is 0 Å². The maximum atomic E-state index is 5.30. The van der Waals surface area contributed by atoms with Gasteiger partial charge in [0, 0.05) is 53.9 Å². The van der Waals surface area contributed by atoms with Gasteiger partial charge >= 0.3 is 0 Å². The van der Waals surface area contributed by atoms with Crippen LogP contribution < -0.4 is 9.64 Å². The predicted molar refractivity (Wildman–Crippen MR) is 115 cm³/mol. The Morgan fingerprint density at radius 3 is 2.68 bits per heavy atom. The second-order valence-corrected chi connectivity index (χ2v) is 8.66. The highest BCUT2D eigenvalue weighted by atomic mass is 16.5. The molecule has 2 saturated heterocycles. The minimum atomic E-state index is 0.446. The van der Waals surface area contributed by atoms with E-state index in [0.29, 0.717) is 5.41 Å². The zero-order valence-corrected chi connectivity index (χ0v) is 16.9. The molecule has 2 aliphatic heterocycles. The summed E-state index contributed by atoms with van der Waals surface area (Å²) >= 11 is 0. The first-order valence-electron chi connectivity index (χ1n) is 10.3. The summed E-state index contributed by atoms with van der Waals surface area (Å²) in [6, 6.07) is 17.5. The quantitative estimate of drug-likeness (QED) is 0.724. The summed E-state index contributed by atoms with van der Waals surface area (Å²) in [6.07, 6.45) is 2.60. The average Bonchev–Trinajstić information content (AvgIpc) is 3.41. The average molecular weight is 376 g/mol. The van der Waals surface area contributed by atoms with Crippen LogP contribution in [-0.2, 0) is 6.54 Å². The molecule has 3 heterocycles. The number of nitrogens with zero attached hydrogens (tertiary/aromatic N) is 2. The maximum absolute atomic E-state index is 5.30. The number of methoxy groups -OCH3 is 1. The molecule has 1 atom stereocenters. The van der Waals surface area contributed by atoms with Crippen LogP contribution in [0.5, 0.6) is 5.75 Å². The van der Waals surface area contributed by atoms with Crippen molar-refractivity contribution in [2.75, 3.05) is 38.2 Å². The molecule has 2 aromatic carbocycles. The van der Waals surface area contributed by atoms with Gasteiger partial charge in [0.2, 0.25) is 0 Å². The van der Waals surface area contributed by atoms with Crippen LogP contribution in [0.15, 0.2) is 48.5 Å². The van der Waals surface area contributed by atoms with E-state index in [1.807, 2.05) is 0 Å². The van der Waals surface area contributed by atoms with E-state index in [0.717, 1.165) is 18.8 Å². The van der Waals surface area contributed by atoms with Crippen LogP contribution in [0.1, 0.15) is 24.1 Å². The Bertz CT molecular complexity index is 977. The fraction of sp³-hybridized carbons (Fsp3) is 0.417. The van der Waals surface area contributed by atoms with E-state index in [4.69, 9.17) is 4.74 Å². The Balaban J connectivity index is 1.27. The first kappa shape index (κ1) is 17.6. The molecule has 0 saturated carbocycles. The largest absolute Gasteiger partial charge is 0.497 e. The highest BCUT2D eigenvalue weighted by Gasteiger charge is 2.43. The molecule has 2 fully saturated rings. The van der Waals surface area contributed by atoms with Gasteiger partial charge in [-0.2, -0.15) is 0 Å². The van der Waals surface area contributed by atoms with Gasteiger partial charge < -0.3 is 14.6 Å². The number of ether oxygens (including phenoxy) is 1. The lowest BCUT2D eigenvalue weighted by Crippen LogP contribution is -2.30. The van der Waals surface area contributed by atoms with Gasteiger partial charge in [-0.3, -0.25) is 4.90 Å². The summed E-state index contributed by atoms with van der Waals surface area (Å²) in [6.45, 7) is 7.94. The van der Waals surface area contributed by atoms with Crippen LogP contribution >= 0.6 is 0 Å². The second-order valence-electron chi connectivity index (χ2n) is 8.66. The van der Waals surface area contributed by atoms with Crippen molar-refractivity contribution in [1.29, 1.82) is 0 Å². The van der Waals surface area contributed by atoms with Crippen LogP contribution in [0.3, 0.4) is 0 Å². The Labute approximate surface area is 167 Å². The lowest BCUT2D eigenvalue weighted by molar-refractivity contribution is 0.271. The summed E-state index contributed by atoms with van der Waals surface area (Å²) in [5.41, 5.74) is 5.72. The van der Waals surface area contributed by atoms with Gasteiger partial charge in [-0.1, -0.05) is 12.1 Å². The molecular formula is C24H29N3O. The van der Waals surface area contributed by atoms with E-state index in [1.54, 1.807) is 7.11 Å². The zero-order chi connectivity index (χ0) is 19.1. The number of likely N-dealkylation sites (tertiary alicyclic amines) is 1. The Kier molecular flexibility index (Phi) is 4.31. The number of aryl methyl sites for hydroxylation is 1. The molecule has 2 aliphatic rings. The number of anilines is 1. The monoisotopic (exact) mass is 375 g/mol. The van der Waals surface area contributed by atoms with Crippen molar-refractivity contribution in [3.63, 3.8) is 0 Å². The van der Waals surface area contributed by atoms with Crippen molar-refractivity contribution >= 4 is 16.6 Å². The number of fused-ring (bicyclic) bond motifs is 1.